The molecule has 2 aliphatic rings. The number of rotatable bonds is 7. The zero-order chi connectivity index (χ0) is 18.4. The van der Waals surface area contributed by atoms with Gasteiger partial charge in [0, 0.05) is 24.4 Å². The van der Waals surface area contributed by atoms with E-state index in [9.17, 15) is 9.59 Å². The van der Waals surface area contributed by atoms with Crippen molar-refractivity contribution in [2.75, 3.05) is 0 Å². The van der Waals surface area contributed by atoms with Crippen LogP contribution in [0, 0.1) is 5.92 Å². The summed E-state index contributed by atoms with van der Waals surface area (Å²) in [7, 11) is 0. The molecular weight excluding hydrogens is 314 g/mol. The minimum atomic E-state index is -0.462. The van der Waals surface area contributed by atoms with Gasteiger partial charge < -0.3 is 9.64 Å². The monoisotopic (exact) mass is 351 g/mol. The van der Waals surface area contributed by atoms with Crippen LogP contribution in [0.5, 0.6) is 0 Å². The third kappa shape index (κ3) is 6.00. The van der Waals surface area contributed by atoms with Crippen LogP contribution < -0.4 is 0 Å². The van der Waals surface area contributed by atoms with E-state index in [4.69, 9.17) is 4.74 Å². The number of nitrogens with zero attached hydrogens (tertiary/aromatic N) is 1. The lowest BCUT2D eigenvalue weighted by molar-refractivity contribution is -0.127. The molecule has 2 fully saturated rings. The van der Waals surface area contributed by atoms with Gasteiger partial charge in [0.05, 0.1) is 0 Å². The van der Waals surface area contributed by atoms with Crippen molar-refractivity contribution in [2.24, 2.45) is 5.92 Å². The van der Waals surface area contributed by atoms with Crippen molar-refractivity contribution in [1.29, 1.82) is 0 Å². The van der Waals surface area contributed by atoms with E-state index >= 15 is 0 Å². The third-order valence-corrected chi connectivity index (χ3v) is 5.56. The molecule has 144 valence electrons. The van der Waals surface area contributed by atoms with Crippen LogP contribution in [0.1, 0.15) is 98.3 Å². The van der Waals surface area contributed by atoms with Gasteiger partial charge in [0.1, 0.15) is 11.4 Å². The highest BCUT2D eigenvalue weighted by atomic mass is 16.6. The summed E-state index contributed by atoms with van der Waals surface area (Å²) in [6.07, 6.45) is 11.3. The summed E-state index contributed by atoms with van der Waals surface area (Å²) in [5, 5.41) is 0. The Morgan fingerprint density at radius 3 is 2.16 bits per heavy atom. The number of Topliss-reactive ketones (excluding diaryl/α,β-unsaturated/α-hetero) is 1. The fourth-order valence-corrected chi connectivity index (χ4v) is 4.36. The molecule has 0 spiro atoms. The molecule has 0 aromatic heterocycles. The topological polar surface area (TPSA) is 46.6 Å². The lowest BCUT2D eigenvalue weighted by atomic mass is 9.76. The van der Waals surface area contributed by atoms with Gasteiger partial charge in [-0.2, -0.15) is 0 Å². The molecule has 2 aliphatic heterocycles. The average molecular weight is 352 g/mol. The normalized spacial score (nSPS) is 26.4. The molecule has 2 rings (SSSR count). The van der Waals surface area contributed by atoms with E-state index in [0.29, 0.717) is 5.78 Å². The molecule has 2 saturated heterocycles. The van der Waals surface area contributed by atoms with Crippen LogP contribution in [0.4, 0.5) is 4.79 Å². The van der Waals surface area contributed by atoms with Crippen LogP contribution in [0.15, 0.2) is 0 Å². The number of hydrogen-bond acceptors (Lipinski definition) is 3. The van der Waals surface area contributed by atoms with Gasteiger partial charge in [-0.15, -0.1) is 0 Å². The predicted octanol–water partition coefficient (Wildman–Crippen LogP) is 5.48. The molecule has 0 saturated carbocycles. The molecule has 0 aromatic carbocycles. The first-order valence-electron chi connectivity index (χ1n) is 10.4. The second-order valence-corrected chi connectivity index (χ2v) is 8.93. The van der Waals surface area contributed by atoms with Crippen molar-refractivity contribution >= 4 is 11.9 Å². The van der Waals surface area contributed by atoms with Gasteiger partial charge in [-0.25, -0.2) is 4.79 Å². The Hall–Kier alpha value is -1.06. The van der Waals surface area contributed by atoms with Gasteiger partial charge in [0.15, 0.2) is 0 Å². The molecule has 25 heavy (non-hydrogen) atoms. The van der Waals surface area contributed by atoms with E-state index in [2.05, 4.69) is 6.92 Å². The molecule has 0 radical (unpaired) electrons. The van der Waals surface area contributed by atoms with Crippen molar-refractivity contribution < 1.29 is 14.3 Å². The Morgan fingerprint density at radius 2 is 1.60 bits per heavy atom. The van der Waals surface area contributed by atoms with Gasteiger partial charge in [-0.3, -0.25) is 4.79 Å². The number of carbonyl (C=O) groups excluding carboxylic acids is 2. The van der Waals surface area contributed by atoms with Crippen LogP contribution >= 0.6 is 0 Å². The summed E-state index contributed by atoms with van der Waals surface area (Å²) in [4.78, 5) is 27.2. The van der Waals surface area contributed by atoms with Gasteiger partial charge >= 0.3 is 6.09 Å². The highest BCUT2D eigenvalue weighted by Crippen LogP contribution is 2.38. The van der Waals surface area contributed by atoms with E-state index in [1.54, 1.807) is 0 Å². The smallest absolute Gasteiger partial charge is 0.410 e. The average Bonchev–Trinajstić information content (AvgIpc) is 2.51. The maximum Gasteiger partial charge on any atom is 0.410 e. The summed E-state index contributed by atoms with van der Waals surface area (Å²) in [5.41, 5.74) is -0.462. The summed E-state index contributed by atoms with van der Waals surface area (Å²) >= 11 is 0. The molecule has 1 amide bonds. The Balaban J connectivity index is 1.87. The molecule has 2 heterocycles. The Labute approximate surface area is 153 Å². The maximum atomic E-state index is 12.6. The summed E-state index contributed by atoms with van der Waals surface area (Å²) in [6, 6.07) is 0.382. The number of fused-ring (bicyclic) bond motifs is 2. The quantitative estimate of drug-likeness (QED) is 0.570. The fraction of sp³-hybridized carbons (Fsp3) is 0.905. The minimum absolute atomic E-state index is 0.153. The second kappa shape index (κ2) is 9.05. The highest BCUT2D eigenvalue weighted by Gasteiger charge is 2.44. The largest absolute Gasteiger partial charge is 0.444 e. The second-order valence-electron chi connectivity index (χ2n) is 8.93. The van der Waals surface area contributed by atoms with Crippen molar-refractivity contribution in [3.05, 3.63) is 0 Å². The molecule has 2 bridgehead atoms. The lowest BCUT2D eigenvalue weighted by Gasteiger charge is -2.48. The van der Waals surface area contributed by atoms with E-state index in [1.165, 1.54) is 25.7 Å². The van der Waals surface area contributed by atoms with Gasteiger partial charge in [-0.05, 0) is 59.3 Å². The zero-order valence-electron chi connectivity index (χ0n) is 16.7. The van der Waals surface area contributed by atoms with E-state index in [0.717, 1.165) is 44.9 Å². The molecule has 0 aromatic rings. The first-order chi connectivity index (χ1) is 11.8. The first-order valence-corrected chi connectivity index (χ1v) is 10.4. The van der Waals surface area contributed by atoms with E-state index < -0.39 is 5.60 Å². The van der Waals surface area contributed by atoms with Crippen LogP contribution in [-0.2, 0) is 9.53 Å². The number of ketones is 1. The molecule has 0 N–H and O–H groups in total. The summed E-state index contributed by atoms with van der Waals surface area (Å²) < 4.78 is 5.61. The standard InChI is InChI=1S/C21H37NO3/c1-5-6-7-8-9-13-19(23)16-14-17-11-10-12-18(15-16)22(17)20(24)25-21(2,3)4/h16-18H,5-15H2,1-4H3. The van der Waals surface area contributed by atoms with Crippen molar-refractivity contribution in [2.45, 2.75) is 116 Å². The third-order valence-electron chi connectivity index (χ3n) is 5.56. The molecule has 4 nitrogen and oxygen atoms in total. The molecule has 2 atom stereocenters. The van der Waals surface area contributed by atoms with E-state index in [1.807, 2.05) is 25.7 Å². The maximum absolute atomic E-state index is 12.6. The Morgan fingerprint density at radius 1 is 1.00 bits per heavy atom. The van der Waals surface area contributed by atoms with Crippen molar-refractivity contribution in [1.82, 2.24) is 4.90 Å². The first kappa shape index (κ1) is 20.3. The number of ether oxygens (including phenoxy) is 1. The fourth-order valence-electron chi connectivity index (χ4n) is 4.36. The number of carbonyl (C=O) groups is 2. The highest BCUT2D eigenvalue weighted by molar-refractivity contribution is 5.81. The van der Waals surface area contributed by atoms with Crippen LogP contribution in [0.3, 0.4) is 0 Å². The van der Waals surface area contributed by atoms with Crippen LogP contribution in [-0.4, -0.2) is 34.5 Å². The lowest BCUT2D eigenvalue weighted by Crippen LogP contribution is -2.56. The van der Waals surface area contributed by atoms with Gasteiger partial charge in [0.2, 0.25) is 0 Å². The zero-order valence-corrected chi connectivity index (χ0v) is 16.7. The molecule has 4 heteroatoms. The Bertz CT molecular complexity index is 441. The molecule has 0 aliphatic carbocycles. The Kier molecular flexibility index (Phi) is 7.33. The van der Waals surface area contributed by atoms with Crippen molar-refractivity contribution in [3.63, 3.8) is 0 Å². The number of amides is 1. The number of unbranched alkanes of at least 4 members (excludes halogenated alkanes) is 4. The minimum Gasteiger partial charge on any atom is -0.444 e. The number of hydrogen-bond donors (Lipinski definition) is 0. The summed E-state index contributed by atoms with van der Waals surface area (Å²) in [6.45, 7) is 7.95. The van der Waals surface area contributed by atoms with Crippen LogP contribution in [0.2, 0.25) is 0 Å². The molecular formula is C21H37NO3. The number of piperidine rings is 2. The van der Waals surface area contributed by atoms with Crippen LogP contribution in [0.25, 0.3) is 0 Å². The SMILES string of the molecule is CCCCCCCC(=O)C1CC2CCCC(C1)N2C(=O)OC(C)(C)C. The predicted molar refractivity (Wildman–Crippen MR) is 101 cm³/mol. The van der Waals surface area contributed by atoms with E-state index in [-0.39, 0.29) is 24.1 Å². The molecule has 2 unspecified atom stereocenters. The van der Waals surface area contributed by atoms with Gasteiger partial charge in [-0.1, -0.05) is 32.6 Å². The van der Waals surface area contributed by atoms with Gasteiger partial charge in [0.25, 0.3) is 0 Å². The summed E-state index contributed by atoms with van der Waals surface area (Å²) in [5.74, 6) is 0.581. The van der Waals surface area contributed by atoms with Crippen molar-refractivity contribution in [3.8, 4) is 0 Å².